The Morgan fingerprint density at radius 3 is 2.66 bits per heavy atom. The van der Waals surface area contributed by atoms with Crippen LogP contribution in [0.5, 0.6) is 0 Å². The number of pyridine rings is 1. The fourth-order valence-electron chi connectivity index (χ4n) is 3.73. The van der Waals surface area contributed by atoms with Gasteiger partial charge in [-0.15, -0.1) is 0 Å². The van der Waals surface area contributed by atoms with Crippen LogP contribution < -0.4 is 0 Å². The van der Waals surface area contributed by atoms with Gasteiger partial charge in [-0.1, -0.05) is 42.6 Å². The summed E-state index contributed by atoms with van der Waals surface area (Å²) in [6, 6.07) is 12.3. The van der Waals surface area contributed by atoms with Crippen molar-refractivity contribution >= 4 is 56.5 Å². The third-order valence-corrected chi connectivity index (χ3v) is 6.40. The van der Waals surface area contributed by atoms with Crippen molar-refractivity contribution in [2.45, 2.75) is 19.8 Å². The lowest BCUT2D eigenvalue weighted by molar-refractivity contribution is 0.920. The Labute approximate surface area is 182 Å². The molecule has 3 nitrogen and oxygen atoms in total. The van der Waals surface area contributed by atoms with Gasteiger partial charge in [0.15, 0.2) is 0 Å². The van der Waals surface area contributed by atoms with Crippen molar-refractivity contribution in [3.63, 3.8) is 0 Å². The number of nitrogens with zero attached hydrogens (tertiary/aromatic N) is 3. The highest BCUT2D eigenvalue weighted by Gasteiger charge is 2.15. The normalized spacial score (nSPS) is 11.6. The first-order valence-electron chi connectivity index (χ1n) is 9.42. The molecule has 0 aliphatic heterocycles. The molecule has 0 atom stereocenters. The number of aryl methyl sites for hydroxylation is 1. The summed E-state index contributed by atoms with van der Waals surface area (Å²) in [5.41, 5.74) is 6.89. The lowest BCUT2D eigenvalue weighted by Gasteiger charge is -2.11. The summed E-state index contributed by atoms with van der Waals surface area (Å²) in [6.07, 6.45) is 5.70. The third kappa shape index (κ3) is 3.21. The number of fused-ring (bicyclic) bond motifs is 3. The van der Waals surface area contributed by atoms with Crippen molar-refractivity contribution < 1.29 is 0 Å². The van der Waals surface area contributed by atoms with Crippen LogP contribution in [0.25, 0.3) is 38.8 Å². The second-order valence-electron chi connectivity index (χ2n) is 7.00. The van der Waals surface area contributed by atoms with E-state index >= 15 is 0 Å². The summed E-state index contributed by atoms with van der Waals surface area (Å²) >= 11 is 14.9. The molecule has 0 bridgehead atoms. The fraction of sp³-hybridized carbons (Fsp3) is 0.130. The van der Waals surface area contributed by atoms with Crippen molar-refractivity contribution in [3.8, 4) is 16.8 Å². The molecule has 0 aliphatic carbocycles. The largest absolute Gasteiger partial charge is 0.297 e. The molecule has 144 valence electrons. The van der Waals surface area contributed by atoms with Gasteiger partial charge in [-0.2, -0.15) is 11.3 Å². The second-order valence-corrected chi connectivity index (χ2v) is 8.60. The Morgan fingerprint density at radius 2 is 1.90 bits per heavy atom. The number of hydrogen-bond donors (Lipinski definition) is 0. The predicted molar refractivity (Wildman–Crippen MR) is 124 cm³/mol. The van der Waals surface area contributed by atoms with Gasteiger partial charge in [0.05, 0.1) is 33.0 Å². The maximum atomic E-state index is 6.66. The highest BCUT2D eigenvalue weighted by molar-refractivity contribution is 7.08. The van der Waals surface area contributed by atoms with Crippen molar-refractivity contribution in [2.75, 3.05) is 0 Å². The van der Waals surface area contributed by atoms with Crippen molar-refractivity contribution in [1.29, 1.82) is 0 Å². The number of benzene rings is 2. The van der Waals surface area contributed by atoms with Crippen LogP contribution in [-0.2, 0) is 6.42 Å². The van der Waals surface area contributed by atoms with Gasteiger partial charge in [-0.3, -0.25) is 9.55 Å². The maximum Gasteiger partial charge on any atom is 0.108 e. The summed E-state index contributed by atoms with van der Waals surface area (Å²) in [4.78, 5) is 9.14. The van der Waals surface area contributed by atoms with E-state index in [-0.39, 0.29) is 0 Å². The summed E-state index contributed by atoms with van der Waals surface area (Å²) in [5.74, 6) is 0. The van der Waals surface area contributed by atoms with Gasteiger partial charge >= 0.3 is 0 Å². The lowest BCUT2D eigenvalue weighted by atomic mass is 10.0. The molecule has 0 unspecified atom stereocenters. The molecule has 0 saturated carbocycles. The van der Waals surface area contributed by atoms with Gasteiger partial charge in [0.2, 0.25) is 0 Å². The molecule has 5 aromatic rings. The number of halogens is 2. The van der Waals surface area contributed by atoms with E-state index in [9.17, 15) is 0 Å². The topological polar surface area (TPSA) is 30.7 Å². The molecule has 0 saturated heterocycles. The molecule has 0 spiro atoms. The van der Waals surface area contributed by atoms with E-state index in [2.05, 4.69) is 51.9 Å². The molecule has 5 rings (SSSR count). The molecule has 3 heterocycles. The van der Waals surface area contributed by atoms with Gasteiger partial charge in [0, 0.05) is 10.9 Å². The zero-order valence-corrected chi connectivity index (χ0v) is 18.0. The van der Waals surface area contributed by atoms with Crippen LogP contribution in [0.2, 0.25) is 10.0 Å². The first kappa shape index (κ1) is 18.6. The first-order chi connectivity index (χ1) is 14.2. The number of rotatable bonds is 4. The third-order valence-electron chi connectivity index (χ3n) is 5.10. The quantitative estimate of drug-likeness (QED) is 0.290. The average molecular weight is 438 g/mol. The number of aromatic nitrogens is 3. The van der Waals surface area contributed by atoms with E-state index in [0.29, 0.717) is 10.0 Å². The monoisotopic (exact) mass is 437 g/mol. The minimum atomic E-state index is 0.691. The van der Waals surface area contributed by atoms with Crippen LogP contribution in [0.4, 0.5) is 0 Å². The van der Waals surface area contributed by atoms with Gasteiger partial charge in [-0.05, 0) is 58.6 Å². The highest BCUT2D eigenvalue weighted by Crippen LogP contribution is 2.36. The van der Waals surface area contributed by atoms with Crippen LogP contribution in [0.1, 0.15) is 18.9 Å². The molecule has 29 heavy (non-hydrogen) atoms. The Balaban J connectivity index is 1.77. The standard InChI is InChI=1S/C23H17Cl2N3S/c1-2-3-14-4-5-22(19(25)8-14)28-13-27-21-11-26-20-10-18(24)16(9-17(20)23(21)28)15-6-7-29-12-15/h4-13H,2-3H2,1H3. The SMILES string of the molecule is CCCc1ccc(-n2cnc3cnc4cc(Cl)c(-c5ccsc5)cc4c32)c(Cl)c1. The summed E-state index contributed by atoms with van der Waals surface area (Å²) in [6.45, 7) is 2.17. The lowest BCUT2D eigenvalue weighted by Crippen LogP contribution is -1.96. The highest BCUT2D eigenvalue weighted by atomic mass is 35.5. The molecule has 2 aromatic carbocycles. The minimum absolute atomic E-state index is 0.691. The van der Waals surface area contributed by atoms with Gasteiger partial charge < -0.3 is 0 Å². The van der Waals surface area contributed by atoms with Crippen LogP contribution in [-0.4, -0.2) is 14.5 Å². The molecule has 3 aromatic heterocycles. The average Bonchev–Trinajstić information content (AvgIpc) is 3.38. The zero-order valence-electron chi connectivity index (χ0n) is 15.7. The fourth-order valence-corrected chi connectivity index (χ4v) is 4.94. The number of hydrogen-bond acceptors (Lipinski definition) is 3. The summed E-state index contributed by atoms with van der Waals surface area (Å²) < 4.78 is 2.04. The molecule has 0 radical (unpaired) electrons. The molecule has 0 fully saturated rings. The Bertz CT molecular complexity index is 1340. The Kier molecular flexibility index (Phi) is 4.78. The van der Waals surface area contributed by atoms with E-state index in [1.165, 1.54) is 5.56 Å². The van der Waals surface area contributed by atoms with Crippen molar-refractivity contribution in [3.05, 3.63) is 75.3 Å². The van der Waals surface area contributed by atoms with Crippen LogP contribution in [0, 0.1) is 0 Å². The number of imidazole rings is 1. The Hall–Kier alpha value is -2.40. The van der Waals surface area contributed by atoms with Crippen LogP contribution >= 0.6 is 34.5 Å². The van der Waals surface area contributed by atoms with E-state index < -0.39 is 0 Å². The number of thiophene rings is 1. The van der Waals surface area contributed by atoms with E-state index in [1.54, 1.807) is 17.5 Å². The molecule has 6 heteroatoms. The van der Waals surface area contributed by atoms with E-state index in [0.717, 1.165) is 51.6 Å². The molecular formula is C23H17Cl2N3S. The second kappa shape index (κ2) is 7.45. The van der Waals surface area contributed by atoms with Gasteiger partial charge in [-0.25, -0.2) is 4.98 Å². The predicted octanol–water partition coefficient (Wildman–Crippen LogP) is 7.56. The van der Waals surface area contributed by atoms with Crippen LogP contribution in [0.15, 0.2) is 59.7 Å². The summed E-state index contributed by atoms with van der Waals surface area (Å²) in [7, 11) is 0. The molecule has 0 aliphatic rings. The van der Waals surface area contributed by atoms with Crippen molar-refractivity contribution in [2.24, 2.45) is 0 Å². The van der Waals surface area contributed by atoms with Gasteiger partial charge in [0.1, 0.15) is 11.8 Å². The first-order valence-corrected chi connectivity index (χ1v) is 11.1. The molecular weight excluding hydrogens is 421 g/mol. The molecule has 0 N–H and O–H groups in total. The van der Waals surface area contributed by atoms with E-state index in [4.69, 9.17) is 23.2 Å². The zero-order chi connectivity index (χ0) is 20.0. The van der Waals surface area contributed by atoms with Gasteiger partial charge in [0.25, 0.3) is 0 Å². The van der Waals surface area contributed by atoms with Crippen LogP contribution in [0.3, 0.4) is 0 Å². The van der Waals surface area contributed by atoms with Crippen molar-refractivity contribution in [1.82, 2.24) is 14.5 Å². The van der Waals surface area contributed by atoms with E-state index in [1.807, 2.05) is 23.0 Å². The molecule has 0 amide bonds. The smallest absolute Gasteiger partial charge is 0.108 e. The Morgan fingerprint density at radius 1 is 1.00 bits per heavy atom. The maximum absolute atomic E-state index is 6.66. The minimum Gasteiger partial charge on any atom is -0.297 e. The summed E-state index contributed by atoms with van der Waals surface area (Å²) in [5, 5.41) is 6.56.